The normalized spacial score (nSPS) is 23.6. The summed E-state index contributed by atoms with van der Waals surface area (Å²) in [7, 11) is 1.78. The number of ether oxygens (including phenoxy) is 1. The van der Waals surface area contributed by atoms with Gasteiger partial charge < -0.3 is 9.64 Å². The van der Waals surface area contributed by atoms with E-state index in [0.717, 1.165) is 36.7 Å². The molecule has 3 rings (SSSR count). The van der Waals surface area contributed by atoms with Gasteiger partial charge in [-0.2, -0.15) is 0 Å². The molecule has 8 heteroatoms. The Balaban J connectivity index is 1.46. The zero-order valence-electron chi connectivity index (χ0n) is 17.4. The standard InChI is InChI=1S/C20H35N5O2S/c1-3-24(16-10-5-4-6-11-16)19(26)14-9-15-28-20-21-22-23-25(20)17-12-7-8-13-18(17)27-2/h16-18H,3-15H2,1-2H3. The lowest BCUT2D eigenvalue weighted by molar-refractivity contribution is -0.133. The number of nitrogens with zero attached hydrogens (tertiary/aromatic N) is 5. The maximum Gasteiger partial charge on any atom is 0.222 e. The first kappa shape index (κ1) is 21.6. The summed E-state index contributed by atoms with van der Waals surface area (Å²) in [5.41, 5.74) is 0. The summed E-state index contributed by atoms with van der Waals surface area (Å²) < 4.78 is 7.60. The molecule has 2 atom stereocenters. The summed E-state index contributed by atoms with van der Waals surface area (Å²) in [6, 6.07) is 0.684. The molecule has 2 fully saturated rings. The Hall–Kier alpha value is -1.15. The predicted octanol–water partition coefficient (Wildman–Crippen LogP) is 3.86. The van der Waals surface area contributed by atoms with Crippen molar-refractivity contribution in [2.75, 3.05) is 19.4 Å². The van der Waals surface area contributed by atoms with Crippen molar-refractivity contribution in [1.82, 2.24) is 25.1 Å². The van der Waals surface area contributed by atoms with E-state index in [1.807, 2.05) is 4.68 Å². The summed E-state index contributed by atoms with van der Waals surface area (Å²) in [5, 5.41) is 13.2. The molecule has 0 spiro atoms. The van der Waals surface area contributed by atoms with E-state index in [9.17, 15) is 4.79 Å². The van der Waals surface area contributed by atoms with E-state index in [4.69, 9.17) is 4.74 Å². The van der Waals surface area contributed by atoms with E-state index >= 15 is 0 Å². The fourth-order valence-electron chi connectivity index (χ4n) is 4.68. The van der Waals surface area contributed by atoms with Gasteiger partial charge in [-0.25, -0.2) is 4.68 Å². The molecule has 2 saturated carbocycles. The minimum Gasteiger partial charge on any atom is -0.379 e. The molecule has 2 unspecified atom stereocenters. The molecule has 1 aromatic rings. The summed E-state index contributed by atoms with van der Waals surface area (Å²) in [5.74, 6) is 1.17. The van der Waals surface area contributed by atoms with E-state index in [2.05, 4.69) is 27.3 Å². The van der Waals surface area contributed by atoms with Crippen molar-refractivity contribution in [3.05, 3.63) is 0 Å². The highest BCUT2D eigenvalue weighted by atomic mass is 32.2. The van der Waals surface area contributed by atoms with Gasteiger partial charge in [0.2, 0.25) is 11.1 Å². The maximum absolute atomic E-state index is 12.7. The Kier molecular flexibility index (Phi) is 8.58. The van der Waals surface area contributed by atoms with E-state index in [-0.39, 0.29) is 12.1 Å². The quantitative estimate of drug-likeness (QED) is 0.455. The summed E-state index contributed by atoms with van der Waals surface area (Å²) >= 11 is 1.66. The molecule has 158 valence electrons. The van der Waals surface area contributed by atoms with Gasteiger partial charge in [0.05, 0.1) is 12.1 Å². The fourth-order valence-corrected chi connectivity index (χ4v) is 5.55. The number of thioether (sulfide) groups is 1. The molecule has 28 heavy (non-hydrogen) atoms. The Morgan fingerprint density at radius 1 is 1.18 bits per heavy atom. The minimum absolute atomic E-state index is 0.187. The van der Waals surface area contributed by atoms with E-state index < -0.39 is 0 Å². The van der Waals surface area contributed by atoms with Crippen LogP contribution in [0.4, 0.5) is 0 Å². The Morgan fingerprint density at radius 3 is 2.68 bits per heavy atom. The first-order valence-electron chi connectivity index (χ1n) is 11.0. The van der Waals surface area contributed by atoms with Gasteiger partial charge >= 0.3 is 0 Å². The van der Waals surface area contributed by atoms with Gasteiger partial charge in [-0.05, 0) is 49.5 Å². The van der Waals surface area contributed by atoms with E-state index in [1.54, 1.807) is 18.9 Å². The zero-order valence-corrected chi connectivity index (χ0v) is 18.2. The van der Waals surface area contributed by atoms with Gasteiger partial charge in [-0.3, -0.25) is 4.79 Å². The van der Waals surface area contributed by atoms with E-state index in [1.165, 1.54) is 44.9 Å². The maximum atomic E-state index is 12.7. The molecule has 0 radical (unpaired) electrons. The molecule has 7 nitrogen and oxygen atoms in total. The molecule has 1 heterocycles. The lowest BCUT2D eigenvalue weighted by Gasteiger charge is -2.33. The van der Waals surface area contributed by atoms with Crippen molar-refractivity contribution in [1.29, 1.82) is 0 Å². The van der Waals surface area contributed by atoms with Crippen LogP contribution in [0.2, 0.25) is 0 Å². The molecule has 0 bridgehead atoms. The van der Waals surface area contributed by atoms with Crippen LogP contribution in [0.15, 0.2) is 5.16 Å². The topological polar surface area (TPSA) is 73.1 Å². The van der Waals surface area contributed by atoms with Crippen LogP contribution in [0.1, 0.15) is 83.6 Å². The molecule has 1 aromatic heterocycles. The number of aromatic nitrogens is 4. The SMILES string of the molecule is CCN(C(=O)CCCSc1nnnn1C1CCCCC1OC)C1CCCCC1. The Labute approximate surface area is 172 Å². The first-order chi connectivity index (χ1) is 13.7. The second-order valence-corrected chi connectivity index (χ2v) is 9.02. The highest BCUT2D eigenvalue weighted by Gasteiger charge is 2.29. The number of hydrogen-bond acceptors (Lipinski definition) is 6. The molecular weight excluding hydrogens is 374 g/mol. The second kappa shape index (κ2) is 11.1. The van der Waals surface area contributed by atoms with Gasteiger partial charge in [-0.1, -0.05) is 43.9 Å². The Bertz CT molecular complexity index is 605. The molecule has 0 saturated heterocycles. The third-order valence-electron chi connectivity index (χ3n) is 6.19. The number of hydrogen-bond donors (Lipinski definition) is 0. The lowest BCUT2D eigenvalue weighted by Crippen LogP contribution is -2.41. The van der Waals surface area contributed by atoms with Gasteiger partial charge in [0.15, 0.2) is 0 Å². The van der Waals surface area contributed by atoms with Crippen LogP contribution in [0.3, 0.4) is 0 Å². The number of carbonyl (C=O) groups excluding carboxylic acids is 1. The van der Waals surface area contributed by atoms with Crippen molar-refractivity contribution in [3.8, 4) is 0 Å². The molecule has 0 N–H and O–H groups in total. The third kappa shape index (κ3) is 5.47. The molecular formula is C20H35N5O2S. The zero-order chi connectivity index (χ0) is 19.8. The van der Waals surface area contributed by atoms with Crippen LogP contribution < -0.4 is 0 Å². The number of amides is 1. The summed E-state index contributed by atoms with van der Waals surface area (Å²) in [4.78, 5) is 14.8. The molecule has 1 amide bonds. The van der Waals surface area contributed by atoms with E-state index in [0.29, 0.717) is 18.4 Å². The van der Waals surface area contributed by atoms with Crippen LogP contribution in [0, 0.1) is 0 Å². The van der Waals surface area contributed by atoms with Crippen LogP contribution in [0.25, 0.3) is 0 Å². The minimum atomic E-state index is 0.187. The van der Waals surface area contributed by atoms with Crippen molar-refractivity contribution in [2.45, 2.75) is 101 Å². The number of carbonyl (C=O) groups is 1. The molecule has 0 aliphatic heterocycles. The number of tetrazole rings is 1. The van der Waals surface area contributed by atoms with Crippen molar-refractivity contribution >= 4 is 17.7 Å². The van der Waals surface area contributed by atoms with Gasteiger partial charge in [0, 0.05) is 31.9 Å². The lowest BCUT2D eigenvalue weighted by atomic mass is 9.92. The van der Waals surface area contributed by atoms with Crippen LogP contribution >= 0.6 is 11.8 Å². The smallest absolute Gasteiger partial charge is 0.222 e. The first-order valence-corrected chi connectivity index (χ1v) is 12.0. The average Bonchev–Trinajstić information content (AvgIpc) is 3.21. The van der Waals surface area contributed by atoms with Crippen LogP contribution in [-0.2, 0) is 9.53 Å². The number of rotatable bonds is 9. The highest BCUT2D eigenvalue weighted by Crippen LogP contribution is 2.32. The van der Waals surface area contributed by atoms with Crippen LogP contribution in [0.5, 0.6) is 0 Å². The van der Waals surface area contributed by atoms with Crippen molar-refractivity contribution in [3.63, 3.8) is 0 Å². The second-order valence-electron chi connectivity index (χ2n) is 7.96. The highest BCUT2D eigenvalue weighted by molar-refractivity contribution is 7.99. The largest absolute Gasteiger partial charge is 0.379 e. The van der Waals surface area contributed by atoms with Gasteiger partial charge in [-0.15, -0.1) is 5.10 Å². The molecule has 2 aliphatic rings. The van der Waals surface area contributed by atoms with Gasteiger partial charge in [0.25, 0.3) is 0 Å². The van der Waals surface area contributed by atoms with Crippen LogP contribution in [-0.4, -0.2) is 62.6 Å². The summed E-state index contributed by atoms with van der Waals surface area (Å²) in [6.07, 6.45) is 12.4. The molecule has 2 aliphatic carbocycles. The Morgan fingerprint density at radius 2 is 1.93 bits per heavy atom. The average molecular weight is 410 g/mol. The number of methoxy groups -OCH3 is 1. The van der Waals surface area contributed by atoms with Crippen molar-refractivity contribution in [2.24, 2.45) is 0 Å². The summed E-state index contributed by atoms with van der Waals surface area (Å²) in [6.45, 7) is 2.93. The predicted molar refractivity (Wildman–Crippen MR) is 110 cm³/mol. The van der Waals surface area contributed by atoms with Crippen molar-refractivity contribution < 1.29 is 9.53 Å². The fraction of sp³-hybridized carbons (Fsp3) is 0.900. The monoisotopic (exact) mass is 409 g/mol. The molecule has 0 aromatic carbocycles. The van der Waals surface area contributed by atoms with Gasteiger partial charge in [0.1, 0.15) is 0 Å². The third-order valence-corrected chi connectivity index (χ3v) is 7.21.